The number of nitrogens with zero attached hydrogens (tertiary/aromatic N) is 2. The van der Waals surface area contributed by atoms with E-state index in [1.807, 2.05) is 6.07 Å². The van der Waals surface area contributed by atoms with E-state index in [4.69, 9.17) is 0 Å². The maximum atomic E-state index is 4.55. The lowest BCUT2D eigenvalue weighted by Gasteiger charge is -2.06. The van der Waals surface area contributed by atoms with E-state index in [1.165, 1.54) is 17.7 Å². The van der Waals surface area contributed by atoms with Crippen LogP contribution in [0.15, 0.2) is 28.2 Å². The monoisotopic (exact) mass is 309 g/mol. The predicted molar refractivity (Wildman–Crippen MR) is 73.4 cm³/mol. The first-order chi connectivity index (χ1) is 8.31. The van der Waals surface area contributed by atoms with Gasteiger partial charge in [0.15, 0.2) is 0 Å². The summed E-state index contributed by atoms with van der Waals surface area (Å²) in [6.07, 6.45) is 2.45. The van der Waals surface area contributed by atoms with E-state index >= 15 is 0 Å². The van der Waals surface area contributed by atoms with Gasteiger partial charge in [-0.1, -0.05) is 6.07 Å². The van der Waals surface area contributed by atoms with E-state index in [9.17, 15) is 0 Å². The smallest absolute Gasteiger partial charge is 0.135 e. The summed E-state index contributed by atoms with van der Waals surface area (Å²) in [4.78, 5) is 10.3. The Morgan fingerprint density at radius 2 is 2.29 bits per heavy atom. The van der Waals surface area contributed by atoms with Gasteiger partial charge in [-0.2, -0.15) is 0 Å². The lowest BCUT2D eigenvalue weighted by atomic mass is 10.4. The minimum absolute atomic E-state index is 0.579. The lowest BCUT2D eigenvalue weighted by Crippen LogP contribution is -2.03. The van der Waals surface area contributed by atoms with Crippen molar-refractivity contribution >= 4 is 33.1 Å². The molecule has 0 aliphatic heterocycles. The van der Waals surface area contributed by atoms with Crippen molar-refractivity contribution in [3.05, 3.63) is 38.9 Å². The van der Waals surface area contributed by atoms with Crippen LogP contribution in [0.1, 0.15) is 29.5 Å². The van der Waals surface area contributed by atoms with Gasteiger partial charge in [-0.25, -0.2) is 9.97 Å². The van der Waals surface area contributed by atoms with Gasteiger partial charge in [-0.05, 0) is 40.2 Å². The molecule has 88 valence electrons. The van der Waals surface area contributed by atoms with Gasteiger partial charge < -0.3 is 5.32 Å². The summed E-state index contributed by atoms with van der Waals surface area (Å²) in [5.74, 6) is 2.45. The fraction of sp³-hybridized carbons (Fsp3) is 0.333. The first-order valence-electron chi connectivity index (χ1n) is 5.62. The summed E-state index contributed by atoms with van der Waals surface area (Å²) in [6, 6.07) is 6.11. The van der Waals surface area contributed by atoms with Gasteiger partial charge >= 0.3 is 0 Å². The Bertz CT molecular complexity index is 508. The SMILES string of the molecule is Brc1cc(NCc2cccs2)nc(C2CC2)n1. The number of aromatic nitrogens is 2. The summed E-state index contributed by atoms with van der Waals surface area (Å²) < 4.78 is 0.864. The Hall–Kier alpha value is -0.940. The Morgan fingerprint density at radius 3 is 3.00 bits per heavy atom. The molecule has 0 unspecified atom stereocenters. The summed E-state index contributed by atoms with van der Waals surface area (Å²) in [5.41, 5.74) is 0. The normalized spacial score (nSPS) is 14.9. The minimum atomic E-state index is 0.579. The molecule has 1 aliphatic carbocycles. The van der Waals surface area contributed by atoms with Crippen LogP contribution < -0.4 is 5.32 Å². The van der Waals surface area contributed by atoms with Crippen molar-refractivity contribution in [3.8, 4) is 0 Å². The van der Waals surface area contributed by atoms with E-state index in [-0.39, 0.29) is 0 Å². The Morgan fingerprint density at radius 1 is 1.41 bits per heavy atom. The number of thiophene rings is 1. The van der Waals surface area contributed by atoms with Crippen molar-refractivity contribution in [2.45, 2.75) is 25.3 Å². The maximum Gasteiger partial charge on any atom is 0.135 e. The molecule has 2 aromatic heterocycles. The topological polar surface area (TPSA) is 37.8 Å². The van der Waals surface area contributed by atoms with Crippen LogP contribution in [0.2, 0.25) is 0 Å². The Labute approximate surface area is 112 Å². The van der Waals surface area contributed by atoms with Crippen LogP contribution in [0.25, 0.3) is 0 Å². The summed E-state index contributed by atoms with van der Waals surface area (Å²) in [6.45, 7) is 0.825. The van der Waals surface area contributed by atoms with Crippen LogP contribution in [0.3, 0.4) is 0 Å². The molecule has 1 aliphatic rings. The fourth-order valence-electron chi connectivity index (χ4n) is 1.64. The van der Waals surface area contributed by atoms with Gasteiger partial charge in [0.05, 0.1) is 6.54 Å². The second-order valence-corrected chi connectivity index (χ2v) is 5.99. The number of rotatable bonds is 4. The molecule has 3 rings (SSSR count). The zero-order valence-corrected chi connectivity index (χ0v) is 11.6. The molecule has 17 heavy (non-hydrogen) atoms. The molecule has 0 radical (unpaired) electrons. The lowest BCUT2D eigenvalue weighted by molar-refractivity contribution is 0.911. The quantitative estimate of drug-likeness (QED) is 0.873. The van der Waals surface area contributed by atoms with E-state index in [0.717, 1.165) is 22.8 Å². The van der Waals surface area contributed by atoms with Crippen LogP contribution in [-0.4, -0.2) is 9.97 Å². The number of hydrogen-bond acceptors (Lipinski definition) is 4. The van der Waals surface area contributed by atoms with Gasteiger partial charge in [-0.15, -0.1) is 11.3 Å². The Balaban J connectivity index is 1.73. The highest BCUT2D eigenvalue weighted by atomic mass is 79.9. The molecular weight excluding hydrogens is 298 g/mol. The van der Waals surface area contributed by atoms with Crippen molar-refractivity contribution in [2.24, 2.45) is 0 Å². The molecule has 0 amide bonds. The largest absolute Gasteiger partial charge is 0.365 e. The van der Waals surface area contributed by atoms with Gasteiger partial charge in [0.2, 0.25) is 0 Å². The fourth-order valence-corrected chi connectivity index (χ4v) is 2.68. The molecule has 0 atom stereocenters. The molecule has 2 heterocycles. The van der Waals surface area contributed by atoms with Crippen molar-refractivity contribution < 1.29 is 0 Å². The second-order valence-electron chi connectivity index (χ2n) is 4.14. The van der Waals surface area contributed by atoms with Gasteiger partial charge in [0.25, 0.3) is 0 Å². The van der Waals surface area contributed by atoms with Gasteiger partial charge in [0.1, 0.15) is 16.2 Å². The van der Waals surface area contributed by atoms with Crippen LogP contribution in [0.4, 0.5) is 5.82 Å². The first kappa shape index (κ1) is 11.2. The van der Waals surface area contributed by atoms with Crippen LogP contribution in [0, 0.1) is 0 Å². The van der Waals surface area contributed by atoms with Gasteiger partial charge in [0, 0.05) is 16.9 Å². The molecule has 1 saturated carbocycles. The van der Waals surface area contributed by atoms with Crippen LogP contribution in [0.5, 0.6) is 0 Å². The van der Waals surface area contributed by atoms with E-state index < -0.39 is 0 Å². The Kier molecular flexibility index (Phi) is 3.11. The number of anilines is 1. The third-order valence-electron chi connectivity index (χ3n) is 2.68. The third kappa shape index (κ3) is 2.84. The molecule has 3 nitrogen and oxygen atoms in total. The summed E-state index contributed by atoms with van der Waals surface area (Å²) in [7, 11) is 0. The zero-order chi connectivity index (χ0) is 11.7. The molecule has 1 N–H and O–H groups in total. The summed E-state index contributed by atoms with van der Waals surface area (Å²) >= 11 is 5.19. The third-order valence-corrected chi connectivity index (χ3v) is 3.96. The molecular formula is C12H12BrN3S. The standard InChI is InChI=1S/C12H12BrN3S/c13-10-6-11(14-7-9-2-1-5-17-9)16-12(15-10)8-3-4-8/h1-2,5-6,8H,3-4,7H2,(H,14,15,16). The average molecular weight is 310 g/mol. The van der Waals surface area contributed by atoms with Crippen LogP contribution >= 0.6 is 27.3 Å². The van der Waals surface area contributed by atoms with E-state index in [2.05, 4.69) is 48.7 Å². The predicted octanol–water partition coefficient (Wildman–Crippen LogP) is 3.79. The van der Waals surface area contributed by atoms with E-state index in [1.54, 1.807) is 11.3 Å². The maximum absolute atomic E-state index is 4.55. The van der Waals surface area contributed by atoms with Crippen molar-refractivity contribution in [2.75, 3.05) is 5.32 Å². The molecule has 5 heteroatoms. The van der Waals surface area contributed by atoms with Crippen LogP contribution in [-0.2, 0) is 6.54 Å². The van der Waals surface area contributed by atoms with Crippen molar-refractivity contribution in [1.29, 1.82) is 0 Å². The highest BCUT2D eigenvalue weighted by Crippen LogP contribution is 2.38. The molecule has 1 fully saturated rings. The molecule has 0 saturated heterocycles. The average Bonchev–Trinajstić information content (AvgIpc) is 3.04. The highest BCUT2D eigenvalue weighted by Gasteiger charge is 2.27. The van der Waals surface area contributed by atoms with Gasteiger partial charge in [-0.3, -0.25) is 0 Å². The van der Waals surface area contributed by atoms with Crippen molar-refractivity contribution in [3.63, 3.8) is 0 Å². The zero-order valence-electron chi connectivity index (χ0n) is 9.19. The minimum Gasteiger partial charge on any atom is -0.365 e. The number of nitrogens with one attached hydrogen (secondary N) is 1. The molecule has 0 aromatic carbocycles. The number of halogens is 1. The molecule has 0 bridgehead atoms. The number of hydrogen-bond donors (Lipinski definition) is 1. The van der Waals surface area contributed by atoms with E-state index in [0.29, 0.717) is 5.92 Å². The second kappa shape index (κ2) is 4.74. The first-order valence-corrected chi connectivity index (χ1v) is 7.29. The highest BCUT2D eigenvalue weighted by molar-refractivity contribution is 9.10. The summed E-state index contributed by atoms with van der Waals surface area (Å²) in [5, 5.41) is 5.43. The molecule has 2 aromatic rings. The molecule has 0 spiro atoms. The van der Waals surface area contributed by atoms with Crippen molar-refractivity contribution in [1.82, 2.24) is 9.97 Å².